The third-order valence-electron chi connectivity index (χ3n) is 3.69. The lowest BCUT2D eigenvalue weighted by atomic mass is 9.97. The first-order valence-electron chi connectivity index (χ1n) is 5.79. The van der Waals surface area contributed by atoms with Gasteiger partial charge in [-0.3, -0.25) is 4.98 Å². The van der Waals surface area contributed by atoms with Crippen LogP contribution in [0.25, 0.3) is 10.9 Å². The Morgan fingerprint density at radius 1 is 1.53 bits per heavy atom. The second kappa shape index (κ2) is 3.55. The van der Waals surface area contributed by atoms with E-state index < -0.39 is 0 Å². The molecule has 0 bridgehead atoms. The summed E-state index contributed by atoms with van der Waals surface area (Å²) in [5.41, 5.74) is 1.69. The Hall–Kier alpha value is -1.39. The van der Waals surface area contributed by atoms with Crippen LogP contribution in [0.15, 0.2) is 24.5 Å². The zero-order valence-electron chi connectivity index (χ0n) is 10.2. The molecule has 3 rings (SSSR count). The van der Waals surface area contributed by atoms with Crippen LogP contribution in [0, 0.1) is 0 Å². The van der Waals surface area contributed by atoms with Crippen molar-refractivity contribution in [2.45, 2.75) is 31.7 Å². The van der Waals surface area contributed by atoms with Crippen molar-refractivity contribution < 1.29 is 9.47 Å². The lowest BCUT2D eigenvalue weighted by Gasteiger charge is -2.19. The Labute approximate surface area is 100.0 Å². The zero-order chi connectivity index (χ0) is 12.0. The molecule has 2 aromatic rings. The van der Waals surface area contributed by atoms with E-state index in [0.29, 0.717) is 0 Å². The minimum atomic E-state index is -0.263. The van der Waals surface area contributed by atoms with E-state index >= 15 is 0 Å². The Kier molecular flexibility index (Phi) is 2.24. The monoisotopic (exact) mass is 232 g/mol. The largest absolute Gasteiger partial charge is 0.372 e. The molecule has 90 valence electrons. The summed E-state index contributed by atoms with van der Waals surface area (Å²) in [4.78, 5) is 7.67. The topological polar surface area (TPSA) is 50.4 Å². The van der Waals surface area contributed by atoms with Crippen molar-refractivity contribution in [1.29, 1.82) is 0 Å². The molecule has 3 heterocycles. The third-order valence-corrected chi connectivity index (χ3v) is 3.69. The van der Waals surface area contributed by atoms with Crippen LogP contribution in [-0.4, -0.2) is 28.8 Å². The molecule has 1 N–H and O–H groups in total. The highest BCUT2D eigenvalue weighted by Gasteiger charge is 2.56. The fraction of sp³-hybridized carbons (Fsp3) is 0.462. The van der Waals surface area contributed by atoms with Gasteiger partial charge in [0.1, 0.15) is 11.7 Å². The summed E-state index contributed by atoms with van der Waals surface area (Å²) in [6.45, 7) is 4.12. The van der Waals surface area contributed by atoms with Gasteiger partial charge in [-0.15, -0.1) is 0 Å². The average molecular weight is 232 g/mol. The van der Waals surface area contributed by atoms with Gasteiger partial charge in [0, 0.05) is 24.9 Å². The highest BCUT2D eigenvalue weighted by atomic mass is 16.6. The number of hydrogen-bond donors (Lipinski definition) is 1. The summed E-state index contributed by atoms with van der Waals surface area (Å²) in [7, 11) is 1.70. The number of nitrogens with zero attached hydrogens (tertiary/aromatic N) is 1. The van der Waals surface area contributed by atoms with Crippen molar-refractivity contribution >= 4 is 10.9 Å². The number of rotatable bonds is 3. The van der Waals surface area contributed by atoms with Crippen molar-refractivity contribution in [2.24, 2.45) is 0 Å². The van der Waals surface area contributed by atoms with E-state index in [4.69, 9.17) is 9.47 Å². The standard InChI is InChI=1S/C13H16N2O2/c1-8-13(2,17-8)12(16-3)11-10-9(4-6-14-10)5-7-15-11/h4-8,12,14H,1-3H3. The minimum Gasteiger partial charge on any atom is -0.372 e. The molecule has 0 saturated carbocycles. The molecule has 17 heavy (non-hydrogen) atoms. The van der Waals surface area contributed by atoms with Crippen molar-refractivity contribution in [3.05, 3.63) is 30.2 Å². The fourth-order valence-electron chi connectivity index (χ4n) is 2.44. The first kappa shape index (κ1) is 10.7. The number of hydrogen-bond acceptors (Lipinski definition) is 3. The van der Waals surface area contributed by atoms with Crippen LogP contribution in [0.2, 0.25) is 0 Å². The molecule has 4 heteroatoms. The Morgan fingerprint density at radius 2 is 2.29 bits per heavy atom. The van der Waals surface area contributed by atoms with Gasteiger partial charge in [-0.1, -0.05) is 0 Å². The summed E-state index contributed by atoms with van der Waals surface area (Å²) in [6.07, 6.45) is 3.80. The van der Waals surface area contributed by atoms with E-state index in [1.165, 1.54) is 0 Å². The number of aromatic nitrogens is 2. The molecule has 0 radical (unpaired) electrons. The summed E-state index contributed by atoms with van der Waals surface area (Å²) < 4.78 is 11.3. The fourth-order valence-corrected chi connectivity index (χ4v) is 2.44. The smallest absolute Gasteiger partial charge is 0.132 e. The number of nitrogens with one attached hydrogen (secondary N) is 1. The van der Waals surface area contributed by atoms with Crippen LogP contribution < -0.4 is 0 Å². The molecular formula is C13H16N2O2. The first-order chi connectivity index (χ1) is 8.16. The molecule has 1 aliphatic rings. The maximum atomic E-state index is 5.66. The van der Waals surface area contributed by atoms with Gasteiger partial charge in [-0.2, -0.15) is 0 Å². The molecule has 4 nitrogen and oxygen atoms in total. The van der Waals surface area contributed by atoms with Crippen LogP contribution in [0.4, 0.5) is 0 Å². The molecular weight excluding hydrogens is 216 g/mol. The summed E-state index contributed by atoms with van der Waals surface area (Å²) in [6, 6.07) is 4.02. The highest BCUT2D eigenvalue weighted by molar-refractivity contribution is 5.81. The molecule has 3 unspecified atom stereocenters. The number of epoxide rings is 1. The summed E-state index contributed by atoms with van der Waals surface area (Å²) >= 11 is 0. The van der Waals surface area contributed by atoms with Crippen LogP contribution in [0.3, 0.4) is 0 Å². The second-order valence-electron chi connectivity index (χ2n) is 4.70. The molecule has 0 amide bonds. The van der Waals surface area contributed by atoms with Crippen molar-refractivity contribution in [2.75, 3.05) is 7.11 Å². The van der Waals surface area contributed by atoms with Crippen molar-refractivity contribution in [1.82, 2.24) is 9.97 Å². The van der Waals surface area contributed by atoms with Gasteiger partial charge in [-0.05, 0) is 26.0 Å². The molecule has 3 atom stereocenters. The minimum absolute atomic E-state index is 0.139. The first-order valence-corrected chi connectivity index (χ1v) is 5.79. The molecule has 1 saturated heterocycles. The van der Waals surface area contributed by atoms with Gasteiger partial charge in [0.05, 0.1) is 17.3 Å². The number of ether oxygens (including phenoxy) is 2. The Morgan fingerprint density at radius 3 is 2.94 bits per heavy atom. The normalized spacial score (nSPS) is 29.5. The quantitative estimate of drug-likeness (QED) is 0.827. The van der Waals surface area contributed by atoms with E-state index in [1.807, 2.05) is 24.5 Å². The van der Waals surface area contributed by atoms with Crippen LogP contribution in [0.5, 0.6) is 0 Å². The van der Waals surface area contributed by atoms with E-state index in [0.717, 1.165) is 16.6 Å². The summed E-state index contributed by atoms with van der Waals surface area (Å²) in [5.74, 6) is 0. The van der Waals surface area contributed by atoms with Gasteiger partial charge in [0.2, 0.25) is 0 Å². The second-order valence-corrected chi connectivity index (χ2v) is 4.70. The Bertz CT molecular complexity index is 551. The van der Waals surface area contributed by atoms with E-state index in [-0.39, 0.29) is 17.8 Å². The maximum Gasteiger partial charge on any atom is 0.132 e. The van der Waals surface area contributed by atoms with Crippen molar-refractivity contribution in [3.8, 4) is 0 Å². The van der Waals surface area contributed by atoms with Gasteiger partial charge in [0.25, 0.3) is 0 Å². The third kappa shape index (κ3) is 1.48. The van der Waals surface area contributed by atoms with Gasteiger partial charge >= 0.3 is 0 Å². The van der Waals surface area contributed by atoms with Gasteiger partial charge in [0.15, 0.2) is 0 Å². The number of pyridine rings is 1. The Balaban J connectivity index is 2.10. The van der Waals surface area contributed by atoms with E-state index in [1.54, 1.807) is 7.11 Å². The van der Waals surface area contributed by atoms with Gasteiger partial charge < -0.3 is 14.5 Å². The van der Waals surface area contributed by atoms with Gasteiger partial charge in [-0.25, -0.2) is 0 Å². The number of H-pyrrole nitrogens is 1. The van der Waals surface area contributed by atoms with Crippen molar-refractivity contribution in [3.63, 3.8) is 0 Å². The van der Waals surface area contributed by atoms with Crippen LogP contribution >= 0.6 is 0 Å². The number of aromatic amines is 1. The molecule has 1 aliphatic heterocycles. The predicted molar refractivity (Wildman–Crippen MR) is 64.8 cm³/mol. The van der Waals surface area contributed by atoms with E-state index in [9.17, 15) is 0 Å². The maximum absolute atomic E-state index is 5.66. The van der Waals surface area contributed by atoms with E-state index in [2.05, 4.69) is 23.8 Å². The van der Waals surface area contributed by atoms with Crippen LogP contribution in [-0.2, 0) is 9.47 Å². The predicted octanol–water partition coefficient (Wildman–Crippen LogP) is 2.43. The molecule has 0 aliphatic carbocycles. The molecule has 0 aromatic carbocycles. The lowest BCUT2D eigenvalue weighted by molar-refractivity contribution is 0.0346. The molecule has 2 aromatic heterocycles. The molecule has 0 spiro atoms. The number of methoxy groups -OCH3 is 1. The average Bonchev–Trinajstić information content (AvgIpc) is 2.78. The van der Waals surface area contributed by atoms with Crippen LogP contribution in [0.1, 0.15) is 25.6 Å². The molecule has 1 fully saturated rings. The lowest BCUT2D eigenvalue weighted by Crippen LogP contribution is -2.23. The SMILES string of the molecule is COC(c1nccc2cc[nH]c12)C1(C)OC1C. The summed E-state index contributed by atoms with van der Waals surface area (Å²) in [5, 5.41) is 1.15. The zero-order valence-corrected chi connectivity index (χ0v) is 10.2. The highest BCUT2D eigenvalue weighted by Crippen LogP contribution is 2.48. The number of fused-ring (bicyclic) bond motifs is 1.